The molecule has 140 valence electrons. The zero-order valence-corrected chi connectivity index (χ0v) is 15.8. The molecule has 0 spiro atoms. The molecule has 1 aromatic carbocycles. The summed E-state index contributed by atoms with van der Waals surface area (Å²) in [5, 5.41) is 0. The van der Waals surface area contributed by atoms with E-state index < -0.39 is 0 Å². The van der Waals surface area contributed by atoms with E-state index in [1.807, 2.05) is 47.9 Å². The van der Waals surface area contributed by atoms with Crippen LogP contribution in [0.2, 0.25) is 0 Å². The molecule has 3 heterocycles. The highest BCUT2D eigenvalue weighted by molar-refractivity contribution is 5.90. The van der Waals surface area contributed by atoms with Gasteiger partial charge in [0.25, 0.3) is 0 Å². The third kappa shape index (κ3) is 3.09. The predicted octanol–water partition coefficient (Wildman–Crippen LogP) is 4.17. The lowest BCUT2D eigenvalue weighted by molar-refractivity contribution is 0.0600. The number of benzene rings is 1. The van der Waals surface area contributed by atoms with Gasteiger partial charge in [0.2, 0.25) is 5.88 Å². The van der Waals surface area contributed by atoms with Crippen LogP contribution in [0, 0.1) is 6.92 Å². The van der Waals surface area contributed by atoms with E-state index in [1.165, 1.54) is 7.11 Å². The molecular weight excluding hydrogens is 354 g/mol. The van der Waals surface area contributed by atoms with Crippen LogP contribution in [-0.2, 0) is 4.74 Å². The van der Waals surface area contributed by atoms with Gasteiger partial charge in [-0.05, 0) is 30.7 Å². The number of methoxy groups -OCH3 is 2. The molecule has 3 aromatic heterocycles. The van der Waals surface area contributed by atoms with Crippen LogP contribution in [0.1, 0.15) is 16.1 Å². The number of carbonyl (C=O) groups excluding carboxylic acids is 1. The molecule has 0 saturated carbocycles. The summed E-state index contributed by atoms with van der Waals surface area (Å²) >= 11 is 0. The fraction of sp³-hybridized carbons (Fsp3) is 0.136. The highest BCUT2D eigenvalue weighted by atomic mass is 16.5. The number of nitrogens with zero attached hydrogens (tertiary/aromatic N) is 3. The first-order chi connectivity index (χ1) is 13.6. The molecule has 0 atom stereocenters. The lowest BCUT2D eigenvalue weighted by atomic mass is 9.97. The minimum Gasteiger partial charge on any atom is -0.481 e. The standard InChI is InChI=1S/C22H19N3O3/c1-14-16(8-9-21(23-14)27-2)17-6-4-5-7-18(17)19-13-25-11-10-15(22(26)28-3)12-20(25)24-19/h4-13H,1-3H3. The van der Waals surface area contributed by atoms with Crippen molar-refractivity contribution in [1.82, 2.24) is 14.4 Å². The van der Waals surface area contributed by atoms with E-state index in [4.69, 9.17) is 14.5 Å². The van der Waals surface area contributed by atoms with Gasteiger partial charge in [-0.25, -0.2) is 14.8 Å². The second-order valence-corrected chi connectivity index (χ2v) is 6.33. The number of aromatic nitrogens is 3. The van der Waals surface area contributed by atoms with E-state index >= 15 is 0 Å². The van der Waals surface area contributed by atoms with E-state index in [0.717, 1.165) is 28.1 Å². The Kier molecular flexibility index (Phi) is 4.53. The van der Waals surface area contributed by atoms with Crippen LogP contribution in [0.3, 0.4) is 0 Å². The van der Waals surface area contributed by atoms with Crippen LogP contribution in [0.4, 0.5) is 0 Å². The van der Waals surface area contributed by atoms with Crippen molar-refractivity contribution in [2.75, 3.05) is 14.2 Å². The molecule has 0 radical (unpaired) electrons. The molecular formula is C22H19N3O3. The monoisotopic (exact) mass is 373 g/mol. The number of hydrogen-bond donors (Lipinski definition) is 0. The summed E-state index contributed by atoms with van der Waals surface area (Å²) in [6.45, 7) is 1.96. The Morgan fingerprint density at radius 3 is 2.46 bits per heavy atom. The normalized spacial score (nSPS) is 10.8. The second-order valence-electron chi connectivity index (χ2n) is 6.33. The molecule has 0 aliphatic heterocycles. The summed E-state index contributed by atoms with van der Waals surface area (Å²) in [6.07, 6.45) is 3.75. The number of hydrogen-bond acceptors (Lipinski definition) is 5. The number of pyridine rings is 2. The zero-order chi connectivity index (χ0) is 19.7. The van der Waals surface area contributed by atoms with Gasteiger partial charge < -0.3 is 13.9 Å². The van der Waals surface area contributed by atoms with Crippen molar-refractivity contribution in [2.24, 2.45) is 0 Å². The van der Waals surface area contributed by atoms with E-state index in [0.29, 0.717) is 17.1 Å². The summed E-state index contributed by atoms with van der Waals surface area (Å²) in [6, 6.07) is 15.4. The lowest BCUT2D eigenvalue weighted by Crippen LogP contribution is -2.01. The Hall–Kier alpha value is -3.67. The Morgan fingerprint density at radius 2 is 1.75 bits per heavy atom. The SMILES string of the molecule is COC(=O)c1ccn2cc(-c3ccccc3-c3ccc(OC)nc3C)nc2c1. The maximum absolute atomic E-state index is 11.8. The smallest absolute Gasteiger partial charge is 0.338 e. The topological polar surface area (TPSA) is 65.7 Å². The number of aryl methyl sites for hydroxylation is 1. The van der Waals surface area contributed by atoms with Gasteiger partial charge in [0, 0.05) is 35.3 Å². The average molecular weight is 373 g/mol. The van der Waals surface area contributed by atoms with Gasteiger partial charge in [-0.1, -0.05) is 24.3 Å². The largest absolute Gasteiger partial charge is 0.481 e. The quantitative estimate of drug-likeness (QED) is 0.503. The molecule has 0 aliphatic rings. The summed E-state index contributed by atoms with van der Waals surface area (Å²) < 4.78 is 11.9. The first-order valence-corrected chi connectivity index (χ1v) is 8.79. The van der Waals surface area contributed by atoms with E-state index in [2.05, 4.69) is 11.1 Å². The first-order valence-electron chi connectivity index (χ1n) is 8.79. The van der Waals surface area contributed by atoms with Crippen molar-refractivity contribution in [3.63, 3.8) is 0 Å². The first kappa shape index (κ1) is 17.7. The van der Waals surface area contributed by atoms with Crippen LogP contribution in [0.25, 0.3) is 28.0 Å². The zero-order valence-electron chi connectivity index (χ0n) is 15.8. The van der Waals surface area contributed by atoms with Crippen LogP contribution in [0.5, 0.6) is 5.88 Å². The summed E-state index contributed by atoms with van der Waals surface area (Å²) in [7, 11) is 2.97. The minimum atomic E-state index is -0.382. The van der Waals surface area contributed by atoms with Crippen LogP contribution >= 0.6 is 0 Å². The van der Waals surface area contributed by atoms with Gasteiger partial charge in [0.15, 0.2) is 0 Å². The van der Waals surface area contributed by atoms with Gasteiger partial charge in [0.05, 0.1) is 25.5 Å². The molecule has 6 nitrogen and oxygen atoms in total. The maximum atomic E-state index is 11.8. The van der Waals surface area contributed by atoms with E-state index in [-0.39, 0.29) is 5.97 Å². The number of rotatable bonds is 4. The number of esters is 1. The van der Waals surface area contributed by atoms with Gasteiger partial charge in [-0.3, -0.25) is 0 Å². The van der Waals surface area contributed by atoms with Crippen molar-refractivity contribution < 1.29 is 14.3 Å². The molecule has 4 aromatic rings. The maximum Gasteiger partial charge on any atom is 0.338 e. The molecule has 4 rings (SSSR count). The molecule has 0 saturated heterocycles. The molecule has 0 N–H and O–H groups in total. The third-order valence-corrected chi connectivity index (χ3v) is 4.64. The fourth-order valence-electron chi connectivity index (χ4n) is 3.23. The predicted molar refractivity (Wildman–Crippen MR) is 106 cm³/mol. The number of fused-ring (bicyclic) bond motifs is 1. The van der Waals surface area contributed by atoms with Crippen LogP contribution in [-0.4, -0.2) is 34.6 Å². The van der Waals surface area contributed by atoms with Crippen molar-refractivity contribution in [2.45, 2.75) is 6.92 Å². The van der Waals surface area contributed by atoms with E-state index in [9.17, 15) is 4.79 Å². The minimum absolute atomic E-state index is 0.382. The summed E-state index contributed by atoms with van der Waals surface area (Å²) in [5.41, 5.74) is 5.88. The molecule has 0 fully saturated rings. The van der Waals surface area contributed by atoms with Crippen molar-refractivity contribution in [1.29, 1.82) is 0 Å². The number of ether oxygens (including phenoxy) is 2. The molecule has 0 amide bonds. The highest BCUT2D eigenvalue weighted by Crippen LogP contribution is 2.33. The molecule has 6 heteroatoms. The Balaban J connectivity index is 1.83. The molecule has 0 unspecified atom stereocenters. The fourth-order valence-corrected chi connectivity index (χ4v) is 3.23. The second kappa shape index (κ2) is 7.15. The van der Waals surface area contributed by atoms with Gasteiger partial charge in [-0.15, -0.1) is 0 Å². The third-order valence-electron chi connectivity index (χ3n) is 4.64. The number of imidazole rings is 1. The lowest BCUT2D eigenvalue weighted by Gasteiger charge is -2.11. The van der Waals surface area contributed by atoms with Gasteiger partial charge in [-0.2, -0.15) is 0 Å². The van der Waals surface area contributed by atoms with Crippen molar-refractivity contribution >= 4 is 11.6 Å². The summed E-state index contributed by atoms with van der Waals surface area (Å²) in [5.74, 6) is 0.203. The molecule has 0 aliphatic carbocycles. The Bertz CT molecular complexity index is 1180. The van der Waals surface area contributed by atoms with Crippen LogP contribution in [0.15, 0.2) is 60.9 Å². The van der Waals surface area contributed by atoms with Crippen LogP contribution < -0.4 is 4.74 Å². The Morgan fingerprint density at radius 1 is 0.964 bits per heavy atom. The molecule has 28 heavy (non-hydrogen) atoms. The molecule has 0 bridgehead atoms. The average Bonchev–Trinajstić information content (AvgIpc) is 3.16. The van der Waals surface area contributed by atoms with Crippen molar-refractivity contribution in [3.8, 4) is 28.3 Å². The highest BCUT2D eigenvalue weighted by Gasteiger charge is 2.14. The van der Waals surface area contributed by atoms with Gasteiger partial charge >= 0.3 is 5.97 Å². The Labute approximate surface area is 162 Å². The summed E-state index contributed by atoms with van der Waals surface area (Å²) in [4.78, 5) is 21.0. The van der Waals surface area contributed by atoms with E-state index in [1.54, 1.807) is 25.4 Å². The van der Waals surface area contributed by atoms with Crippen molar-refractivity contribution in [3.05, 3.63) is 72.2 Å². The number of carbonyl (C=O) groups is 1. The van der Waals surface area contributed by atoms with Gasteiger partial charge in [0.1, 0.15) is 5.65 Å².